The Morgan fingerprint density at radius 2 is 1.68 bits per heavy atom. The number of rotatable bonds is 15. The van der Waals surface area contributed by atoms with Gasteiger partial charge in [0.05, 0.1) is 43.3 Å². The van der Waals surface area contributed by atoms with E-state index in [4.69, 9.17) is 21.3 Å². The molecule has 5 heterocycles. The monoisotopic (exact) mass is 944 g/mol. The second-order valence-electron chi connectivity index (χ2n) is 16.9. The van der Waals surface area contributed by atoms with Crippen LogP contribution in [-0.2, 0) is 32.2 Å². The van der Waals surface area contributed by atoms with Crippen LogP contribution in [-0.4, -0.2) is 113 Å². The molecule has 5 amide bonds. The Morgan fingerprint density at radius 1 is 0.897 bits per heavy atom. The Morgan fingerprint density at radius 3 is 2.46 bits per heavy atom. The van der Waals surface area contributed by atoms with Gasteiger partial charge >= 0.3 is 0 Å². The van der Waals surface area contributed by atoms with E-state index in [1.54, 1.807) is 66.9 Å². The van der Waals surface area contributed by atoms with E-state index in [0.29, 0.717) is 75.2 Å². The van der Waals surface area contributed by atoms with Crippen molar-refractivity contribution in [1.82, 2.24) is 35.7 Å². The zero-order valence-electron chi connectivity index (χ0n) is 36.7. The molecule has 1 unspecified atom stereocenters. The molecule has 9 rings (SSSR count). The summed E-state index contributed by atoms with van der Waals surface area (Å²) in [6.45, 7) is 4.03. The third kappa shape index (κ3) is 10.3. The summed E-state index contributed by atoms with van der Waals surface area (Å²) >= 11 is 6.36. The van der Waals surface area contributed by atoms with Crippen molar-refractivity contribution in [3.8, 4) is 11.3 Å². The molecule has 0 spiro atoms. The first-order valence-electron chi connectivity index (χ1n) is 22.4. The number of benzene rings is 4. The van der Waals surface area contributed by atoms with Crippen molar-refractivity contribution in [2.45, 2.75) is 50.9 Å². The highest BCUT2D eigenvalue weighted by molar-refractivity contribution is 6.31. The zero-order chi connectivity index (χ0) is 47.3. The minimum absolute atomic E-state index is 0.0274. The molecule has 2 fully saturated rings. The third-order valence-corrected chi connectivity index (χ3v) is 12.6. The van der Waals surface area contributed by atoms with Gasteiger partial charge < -0.3 is 35.8 Å². The number of piperidine rings is 2. The molecule has 5 N–H and O–H groups in total. The van der Waals surface area contributed by atoms with Crippen LogP contribution in [0.15, 0.2) is 90.1 Å². The standard InChI is InChI=1S/C49H47ClF2N10O6/c50-30-9-12-33-35(23-30)45(43-37(51)4-2-5-38(43)52)54-24-29-25-55-49(60-44(29)33)57-31-10-7-28(8-11-31)46(65)56-32-15-18-61(19-16-32)20-22-68-21-17-53-26-42(64)58-39-6-1-3-34-36(39)27-62(48(34)67)40-13-14-41(63)59-47(40)66/h1-12,23,25,32,40,53H,13-22,24,26-27H2,(H,56,65)(H,58,64)(H,55,57,60)(H,59,63,66). The summed E-state index contributed by atoms with van der Waals surface area (Å²) in [5.74, 6) is -2.78. The van der Waals surface area contributed by atoms with Crippen LogP contribution >= 0.6 is 11.6 Å². The molecular formula is C49H47ClF2N10O6. The fourth-order valence-electron chi connectivity index (χ4n) is 8.86. The number of amides is 5. The van der Waals surface area contributed by atoms with Crippen molar-refractivity contribution in [2.75, 3.05) is 56.6 Å². The van der Waals surface area contributed by atoms with Gasteiger partial charge in [0.25, 0.3) is 11.8 Å². The van der Waals surface area contributed by atoms with Gasteiger partial charge in [-0.15, -0.1) is 0 Å². The average Bonchev–Trinajstić information content (AvgIpc) is 3.58. The summed E-state index contributed by atoms with van der Waals surface area (Å²) in [5.41, 5.74) is 4.89. The lowest BCUT2D eigenvalue weighted by Crippen LogP contribution is -2.52. The fraction of sp³-hybridized carbons (Fsp3) is 0.306. The van der Waals surface area contributed by atoms with E-state index >= 15 is 0 Å². The number of ether oxygens (including phenoxy) is 1. The van der Waals surface area contributed by atoms with Crippen LogP contribution < -0.4 is 26.6 Å². The zero-order valence-corrected chi connectivity index (χ0v) is 37.5. The summed E-state index contributed by atoms with van der Waals surface area (Å²) in [6, 6.07) is 20.1. The number of carbonyl (C=O) groups excluding carboxylic acids is 5. The number of carbonyl (C=O) groups is 5. The number of nitrogens with zero attached hydrogens (tertiary/aromatic N) is 5. The molecule has 350 valence electrons. The first-order chi connectivity index (χ1) is 33.0. The van der Waals surface area contributed by atoms with E-state index in [0.717, 1.165) is 32.5 Å². The van der Waals surface area contributed by atoms with E-state index in [2.05, 4.69) is 41.5 Å². The Balaban J connectivity index is 0.678. The molecule has 0 saturated carbocycles. The molecule has 4 aliphatic heterocycles. The molecular weight excluding hydrogens is 898 g/mol. The number of nitrogens with one attached hydrogen (secondary N) is 5. The number of aromatic nitrogens is 2. The topological polar surface area (TPSA) is 199 Å². The lowest BCUT2D eigenvalue weighted by molar-refractivity contribution is -0.137. The van der Waals surface area contributed by atoms with E-state index in [9.17, 15) is 32.8 Å². The maximum absolute atomic E-state index is 15.0. The van der Waals surface area contributed by atoms with Crippen molar-refractivity contribution in [3.05, 3.63) is 135 Å². The van der Waals surface area contributed by atoms with E-state index in [1.807, 2.05) is 0 Å². The SMILES string of the molecule is O=C1CCC(N2Cc3c(NC(=O)CNCCOCCN4CCC(NC(=O)c5ccc(Nc6ncc7c(n6)-c6ccc(Cl)cc6C(c6c(F)cccc6F)=NC7)cc5)CC4)cccc3C2=O)C(=O)N1. The molecule has 19 heteroatoms. The summed E-state index contributed by atoms with van der Waals surface area (Å²) in [5, 5.41) is 15.0. The Kier molecular flexibility index (Phi) is 13.9. The van der Waals surface area contributed by atoms with Gasteiger partial charge in [0, 0.05) is 101 Å². The van der Waals surface area contributed by atoms with Crippen LogP contribution in [0.3, 0.4) is 0 Å². The number of imide groups is 1. The lowest BCUT2D eigenvalue weighted by atomic mass is 9.95. The van der Waals surface area contributed by atoms with Gasteiger partial charge in [0.15, 0.2) is 0 Å². The normalized spacial score (nSPS) is 17.1. The number of hydrogen-bond donors (Lipinski definition) is 5. The van der Waals surface area contributed by atoms with Gasteiger partial charge in [-0.2, -0.15) is 0 Å². The summed E-state index contributed by atoms with van der Waals surface area (Å²) in [4.78, 5) is 80.7. The van der Waals surface area contributed by atoms with Gasteiger partial charge in [0.1, 0.15) is 17.7 Å². The highest BCUT2D eigenvalue weighted by Gasteiger charge is 2.40. The van der Waals surface area contributed by atoms with Gasteiger partial charge in [-0.1, -0.05) is 29.8 Å². The number of anilines is 3. The molecule has 4 aliphatic rings. The number of aliphatic imine (C=N–C) groups is 1. The molecule has 0 bridgehead atoms. The predicted octanol–water partition coefficient (Wildman–Crippen LogP) is 5.37. The highest BCUT2D eigenvalue weighted by Crippen LogP contribution is 2.36. The number of likely N-dealkylation sites (tertiary alicyclic amines) is 1. The van der Waals surface area contributed by atoms with E-state index in [1.165, 1.54) is 23.1 Å². The van der Waals surface area contributed by atoms with Crippen molar-refractivity contribution < 1.29 is 37.5 Å². The smallest absolute Gasteiger partial charge is 0.255 e. The van der Waals surface area contributed by atoms with Crippen LogP contribution in [0.2, 0.25) is 5.02 Å². The summed E-state index contributed by atoms with van der Waals surface area (Å²) < 4.78 is 35.7. The number of halogens is 3. The van der Waals surface area contributed by atoms with Crippen LogP contribution in [0.5, 0.6) is 0 Å². The Hall–Kier alpha value is -6.99. The second kappa shape index (κ2) is 20.5. The largest absolute Gasteiger partial charge is 0.379 e. The molecule has 4 aromatic carbocycles. The summed E-state index contributed by atoms with van der Waals surface area (Å²) in [7, 11) is 0. The minimum atomic E-state index is -0.736. The van der Waals surface area contributed by atoms with Crippen molar-refractivity contribution in [2.24, 2.45) is 4.99 Å². The molecule has 1 atom stereocenters. The third-order valence-electron chi connectivity index (χ3n) is 12.4. The van der Waals surface area contributed by atoms with Gasteiger partial charge in [-0.05, 0) is 79.9 Å². The van der Waals surface area contributed by atoms with Crippen LogP contribution in [0.25, 0.3) is 11.3 Å². The second-order valence-corrected chi connectivity index (χ2v) is 17.3. The van der Waals surface area contributed by atoms with Crippen LogP contribution in [0.4, 0.5) is 26.1 Å². The molecule has 0 radical (unpaired) electrons. The molecule has 2 saturated heterocycles. The first kappa shape index (κ1) is 46.1. The van der Waals surface area contributed by atoms with Gasteiger partial charge in [-0.3, -0.25) is 34.3 Å². The average molecular weight is 945 g/mol. The maximum Gasteiger partial charge on any atom is 0.255 e. The van der Waals surface area contributed by atoms with Crippen molar-refractivity contribution in [3.63, 3.8) is 0 Å². The molecule has 0 aliphatic carbocycles. The van der Waals surface area contributed by atoms with Crippen molar-refractivity contribution >= 4 is 64.2 Å². The molecule has 5 aromatic rings. The minimum Gasteiger partial charge on any atom is -0.379 e. The van der Waals surface area contributed by atoms with Crippen LogP contribution in [0, 0.1) is 11.6 Å². The van der Waals surface area contributed by atoms with E-state index < -0.39 is 23.6 Å². The summed E-state index contributed by atoms with van der Waals surface area (Å²) in [6.07, 6.45) is 3.64. The van der Waals surface area contributed by atoms with Gasteiger partial charge in [-0.25, -0.2) is 18.7 Å². The van der Waals surface area contributed by atoms with Crippen LogP contribution in [0.1, 0.15) is 68.7 Å². The maximum atomic E-state index is 15.0. The fourth-order valence-corrected chi connectivity index (χ4v) is 9.04. The predicted molar refractivity (Wildman–Crippen MR) is 250 cm³/mol. The molecule has 68 heavy (non-hydrogen) atoms. The van der Waals surface area contributed by atoms with Crippen molar-refractivity contribution in [1.29, 1.82) is 0 Å². The first-order valence-corrected chi connectivity index (χ1v) is 22.8. The number of fused-ring (bicyclic) bond motifs is 4. The van der Waals surface area contributed by atoms with E-state index in [-0.39, 0.29) is 79.4 Å². The Labute approximate surface area is 394 Å². The Bertz CT molecular complexity index is 2800. The van der Waals surface area contributed by atoms with Gasteiger partial charge in [0.2, 0.25) is 23.7 Å². The molecule has 1 aromatic heterocycles. The quantitative estimate of drug-likeness (QED) is 0.0668. The lowest BCUT2D eigenvalue weighted by Gasteiger charge is -2.32. The highest BCUT2D eigenvalue weighted by atomic mass is 35.5. The number of hydrogen-bond acceptors (Lipinski definition) is 12. The molecule has 16 nitrogen and oxygen atoms in total.